The smallest absolute Gasteiger partial charge is 0.421 e. The lowest BCUT2D eigenvalue weighted by Gasteiger charge is -2.25. The lowest BCUT2D eigenvalue weighted by atomic mass is 9.78. The standard InChI is InChI=1S/C21H19NO4/c1-20(2,3)26-19(25)22-16-11-7-6-10-15(16)21(18(22)24)12-13-8-4-5-9-14(13)17(21)23/h4-11H,12H2,1-3H3/t21-/m0/s1. The zero-order chi connectivity index (χ0) is 18.7. The van der Waals surface area contributed by atoms with Gasteiger partial charge in [0.2, 0.25) is 0 Å². The first kappa shape index (κ1) is 16.5. The summed E-state index contributed by atoms with van der Waals surface area (Å²) in [6.07, 6.45) is -0.493. The first-order valence-corrected chi connectivity index (χ1v) is 8.55. The molecular formula is C21H19NO4. The molecule has 0 saturated carbocycles. The van der Waals surface area contributed by atoms with Crippen molar-refractivity contribution in [2.24, 2.45) is 0 Å². The number of hydrogen-bond donors (Lipinski definition) is 0. The number of hydrogen-bond acceptors (Lipinski definition) is 4. The third-order valence-corrected chi connectivity index (χ3v) is 4.85. The van der Waals surface area contributed by atoms with Crippen LogP contribution >= 0.6 is 0 Å². The number of amides is 2. The molecule has 1 atom stereocenters. The van der Waals surface area contributed by atoms with Gasteiger partial charge in [-0.1, -0.05) is 42.5 Å². The molecule has 0 unspecified atom stereocenters. The number of ketones is 1. The highest BCUT2D eigenvalue weighted by Crippen LogP contribution is 2.50. The summed E-state index contributed by atoms with van der Waals surface area (Å²) in [6, 6.07) is 14.2. The van der Waals surface area contributed by atoms with Gasteiger partial charge in [0.05, 0.1) is 5.69 Å². The fourth-order valence-electron chi connectivity index (χ4n) is 3.82. The van der Waals surface area contributed by atoms with Gasteiger partial charge >= 0.3 is 6.09 Å². The van der Waals surface area contributed by atoms with Crippen molar-refractivity contribution in [2.45, 2.75) is 38.2 Å². The summed E-state index contributed by atoms with van der Waals surface area (Å²) in [5, 5.41) is 0. The highest BCUT2D eigenvalue weighted by Gasteiger charge is 2.61. The summed E-state index contributed by atoms with van der Waals surface area (Å²) in [7, 11) is 0. The van der Waals surface area contributed by atoms with Gasteiger partial charge in [-0.3, -0.25) is 9.59 Å². The Morgan fingerprint density at radius 3 is 2.38 bits per heavy atom. The van der Waals surface area contributed by atoms with Crippen molar-refractivity contribution in [1.29, 1.82) is 0 Å². The van der Waals surface area contributed by atoms with Crippen molar-refractivity contribution in [3.8, 4) is 0 Å². The van der Waals surface area contributed by atoms with Crippen molar-refractivity contribution in [2.75, 3.05) is 4.90 Å². The van der Waals surface area contributed by atoms with E-state index in [1.807, 2.05) is 12.1 Å². The number of rotatable bonds is 0. The monoisotopic (exact) mass is 349 g/mol. The lowest BCUT2D eigenvalue weighted by molar-refractivity contribution is -0.121. The minimum Gasteiger partial charge on any atom is -0.443 e. The lowest BCUT2D eigenvalue weighted by Crippen LogP contribution is -2.48. The predicted molar refractivity (Wildman–Crippen MR) is 96.3 cm³/mol. The van der Waals surface area contributed by atoms with Crippen LogP contribution in [0.15, 0.2) is 48.5 Å². The van der Waals surface area contributed by atoms with Crippen LogP contribution in [-0.4, -0.2) is 23.4 Å². The zero-order valence-electron chi connectivity index (χ0n) is 14.9. The van der Waals surface area contributed by atoms with E-state index in [4.69, 9.17) is 4.74 Å². The molecular weight excluding hydrogens is 330 g/mol. The van der Waals surface area contributed by atoms with Crippen LogP contribution in [0.1, 0.15) is 42.3 Å². The molecule has 2 amide bonds. The Balaban J connectivity index is 1.86. The van der Waals surface area contributed by atoms with Gasteiger partial charge in [0.15, 0.2) is 5.78 Å². The van der Waals surface area contributed by atoms with Crippen LogP contribution in [-0.2, 0) is 21.4 Å². The average molecular weight is 349 g/mol. The number of para-hydroxylation sites is 1. The van der Waals surface area contributed by atoms with Crippen molar-refractivity contribution < 1.29 is 19.1 Å². The van der Waals surface area contributed by atoms with Crippen LogP contribution in [0.2, 0.25) is 0 Å². The highest BCUT2D eigenvalue weighted by molar-refractivity contribution is 6.33. The minimum absolute atomic E-state index is 0.253. The molecule has 4 rings (SSSR count). The van der Waals surface area contributed by atoms with E-state index in [1.54, 1.807) is 57.2 Å². The number of benzene rings is 2. The molecule has 0 saturated heterocycles. The number of Topliss-reactive ketones (excluding diaryl/α,β-unsaturated/α-hetero) is 1. The Bertz CT molecular complexity index is 956. The zero-order valence-corrected chi connectivity index (χ0v) is 14.9. The van der Waals surface area contributed by atoms with E-state index < -0.39 is 23.0 Å². The molecule has 5 nitrogen and oxygen atoms in total. The van der Waals surface area contributed by atoms with Gasteiger partial charge < -0.3 is 4.74 Å². The number of carbonyl (C=O) groups excluding carboxylic acids is 3. The van der Waals surface area contributed by atoms with Crippen LogP contribution in [0.5, 0.6) is 0 Å². The fraction of sp³-hybridized carbons (Fsp3) is 0.286. The van der Waals surface area contributed by atoms with Crippen LogP contribution in [0, 0.1) is 0 Å². The van der Waals surface area contributed by atoms with Gasteiger partial charge in [-0.05, 0) is 38.8 Å². The molecule has 2 aliphatic rings. The maximum Gasteiger partial charge on any atom is 0.421 e. The number of nitrogens with zero attached hydrogens (tertiary/aromatic N) is 1. The molecule has 26 heavy (non-hydrogen) atoms. The summed E-state index contributed by atoms with van der Waals surface area (Å²) < 4.78 is 5.42. The van der Waals surface area contributed by atoms with E-state index in [9.17, 15) is 14.4 Å². The SMILES string of the molecule is CC(C)(C)OC(=O)N1C(=O)[C@@]2(Cc3ccccc3C2=O)c2ccccc21. The summed E-state index contributed by atoms with van der Waals surface area (Å²) in [4.78, 5) is 40.4. The largest absolute Gasteiger partial charge is 0.443 e. The summed E-state index contributed by atoms with van der Waals surface area (Å²) in [5.41, 5.74) is 0.236. The quantitative estimate of drug-likeness (QED) is 0.681. The number of fused-ring (bicyclic) bond motifs is 3. The van der Waals surface area contributed by atoms with Crippen LogP contribution in [0.25, 0.3) is 0 Å². The second-order valence-corrected chi connectivity index (χ2v) is 7.71. The maximum absolute atomic E-state index is 13.4. The van der Waals surface area contributed by atoms with Crippen molar-refractivity contribution in [1.82, 2.24) is 0 Å². The van der Waals surface area contributed by atoms with E-state index in [2.05, 4.69) is 0 Å². The second kappa shape index (κ2) is 5.27. The van der Waals surface area contributed by atoms with E-state index in [-0.39, 0.29) is 12.2 Å². The Kier molecular flexibility index (Phi) is 3.35. The molecule has 1 spiro atoms. The van der Waals surface area contributed by atoms with Crippen LogP contribution < -0.4 is 4.90 Å². The maximum atomic E-state index is 13.4. The molecule has 0 radical (unpaired) electrons. The predicted octanol–water partition coefficient (Wildman–Crippen LogP) is 3.65. The summed E-state index contributed by atoms with van der Waals surface area (Å²) >= 11 is 0. The first-order valence-electron chi connectivity index (χ1n) is 8.55. The molecule has 2 aromatic carbocycles. The van der Waals surface area contributed by atoms with Crippen LogP contribution in [0.4, 0.5) is 10.5 Å². The Hall–Kier alpha value is -2.95. The molecule has 1 heterocycles. The van der Waals surface area contributed by atoms with Gasteiger partial charge in [0.1, 0.15) is 11.0 Å². The van der Waals surface area contributed by atoms with E-state index in [0.717, 1.165) is 10.5 Å². The van der Waals surface area contributed by atoms with Gasteiger partial charge in [-0.15, -0.1) is 0 Å². The first-order chi connectivity index (χ1) is 12.3. The fourth-order valence-corrected chi connectivity index (χ4v) is 3.82. The highest BCUT2D eigenvalue weighted by atomic mass is 16.6. The molecule has 0 fully saturated rings. The van der Waals surface area contributed by atoms with Gasteiger partial charge in [0.25, 0.3) is 5.91 Å². The van der Waals surface area contributed by atoms with Gasteiger partial charge in [-0.25, -0.2) is 9.69 Å². The average Bonchev–Trinajstić information content (AvgIpc) is 3.01. The Morgan fingerprint density at radius 2 is 1.69 bits per heavy atom. The third-order valence-electron chi connectivity index (χ3n) is 4.85. The molecule has 0 N–H and O–H groups in total. The van der Waals surface area contributed by atoms with E-state index in [1.165, 1.54) is 0 Å². The van der Waals surface area contributed by atoms with Crippen molar-refractivity contribution >= 4 is 23.5 Å². The molecule has 1 aliphatic heterocycles. The molecule has 5 heteroatoms. The number of anilines is 1. The molecule has 2 aromatic rings. The second-order valence-electron chi connectivity index (χ2n) is 7.71. The number of ether oxygens (including phenoxy) is 1. The van der Waals surface area contributed by atoms with E-state index in [0.29, 0.717) is 16.8 Å². The molecule has 0 bridgehead atoms. The number of carbonyl (C=O) groups is 3. The van der Waals surface area contributed by atoms with Crippen molar-refractivity contribution in [3.63, 3.8) is 0 Å². The van der Waals surface area contributed by atoms with Gasteiger partial charge in [0, 0.05) is 11.1 Å². The summed E-state index contributed by atoms with van der Waals surface area (Å²) in [6.45, 7) is 5.22. The summed E-state index contributed by atoms with van der Waals surface area (Å²) in [5.74, 6) is -0.786. The number of imide groups is 1. The molecule has 0 aromatic heterocycles. The van der Waals surface area contributed by atoms with Gasteiger partial charge in [-0.2, -0.15) is 0 Å². The topological polar surface area (TPSA) is 63.7 Å². The molecule has 132 valence electrons. The Morgan fingerprint density at radius 1 is 1.04 bits per heavy atom. The van der Waals surface area contributed by atoms with Crippen molar-refractivity contribution in [3.05, 3.63) is 65.2 Å². The normalized spacial score (nSPS) is 21.1. The van der Waals surface area contributed by atoms with E-state index >= 15 is 0 Å². The third kappa shape index (κ3) is 2.13. The molecule has 1 aliphatic carbocycles. The van der Waals surface area contributed by atoms with Crippen LogP contribution in [0.3, 0.4) is 0 Å². The minimum atomic E-state index is -1.38. The Labute approximate surface area is 151 Å².